The topological polar surface area (TPSA) is 119 Å². The van der Waals surface area contributed by atoms with Gasteiger partial charge in [0.15, 0.2) is 0 Å². The first-order valence-corrected chi connectivity index (χ1v) is 15.0. The number of carboxylic acid groups (broad SMARTS) is 1. The zero-order valence-corrected chi connectivity index (χ0v) is 27.5. The van der Waals surface area contributed by atoms with Crippen molar-refractivity contribution in [3.8, 4) is 0 Å². The fraction of sp³-hybridized carbons (Fsp3) is 0.806. The van der Waals surface area contributed by atoms with Gasteiger partial charge in [0.25, 0.3) is 0 Å². The Labute approximate surface area is 243 Å². The minimum absolute atomic E-state index is 0.0552. The minimum Gasteiger partial charge on any atom is -0.478 e. The van der Waals surface area contributed by atoms with Crippen LogP contribution in [0.1, 0.15) is 109 Å². The van der Waals surface area contributed by atoms with Crippen molar-refractivity contribution in [2.75, 3.05) is 20.1 Å². The molecular weight excluding hydrogens is 508 g/mol. The second-order valence-electron chi connectivity index (χ2n) is 12.2. The average molecular weight is 567 g/mol. The lowest BCUT2D eigenvalue weighted by atomic mass is 9.81. The first kappa shape index (κ1) is 37.6. The molecule has 0 fully saturated rings. The molecule has 0 radical (unpaired) electrons. The van der Waals surface area contributed by atoms with E-state index in [2.05, 4.69) is 10.6 Å². The predicted octanol–water partition coefficient (Wildman–Crippen LogP) is 4.61. The summed E-state index contributed by atoms with van der Waals surface area (Å²) in [6.07, 6.45) is 3.54. The molecule has 0 saturated heterocycles. The van der Waals surface area contributed by atoms with Crippen LogP contribution < -0.4 is 10.6 Å². The summed E-state index contributed by atoms with van der Waals surface area (Å²) in [5, 5.41) is 15.9. The molecular formula is C31H58N4O5. The van der Waals surface area contributed by atoms with Crippen LogP contribution in [-0.4, -0.2) is 81.9 Å². The summed E-state index contributed by atoms with van der Waals surface area (Å²) in [5.74, 6) is -1.87. The van der Waals surface area contributed by atoms with Gasteiger partial charge in [0, 0.05) is 19.2 Å². The van der Waals surface area contributed by atoms with Gasteiger partial charge in [-0.1, -0.05) is 75.3 Å². The van der Waals surface area contributed by atoms with Crippen LogP contribution in [0.2, 0.25) is 0 Å². The molecule has 40 heavy (non-hydrogen) atoms. The zero-order chi connectivity index (χ0) is 31.6. The average Bonchev–Trinajstić information content (AvgIpc) is 2.89. The van der Waals surface area contributed by atoms with Crippen molar-refractivity contribution in [3.63, 3.8) is 0 Å². The van der Waals surface area contributed by atoms with Crippen LogP contribution in [-0.2, 0) is 19.2 Å². The first-order valence-electron chi connectivity index (χ1n) is 15.0. The van der Waals surface area contributed by atoms with Crippen LogP contribution in [0.15, 0.2) is 11.6 Å². The van der Waals surface area contributed by atoms with E-state index in [1.165, 1.54) is 11.8 Å². The number of carbonyl (C=O) groups is 4. The number of likely N-dealkylation sites (N-methyl/N-ethyl adjacent to an activating group) is 3. The third-order valence-corrected chi connectivity index (χ3v) is 8.43. The summed E-state index contributed by atoms with van der Waals surface area (Å²) >= 11 is 0. The van der Waals surface area contributed by atoms with Gasteiger partial charge < -0.3 is 25.5 Å². The van der Waals surface area contributed by atoms with Crippen LogP contribution >= 0.6 is 0 Å². The molecule has 0 aromatic rings. The lowest BCUT2D eigenvalue weighted by Gasteiger charge is -2.47. The van der Waals surface area contributed by atoms with Gasteiger partial charge in [0.1, 0.15) is 11.6 Å². The van der Waals surface area contributed by atoms with Crippen LogP contribution in [0, 0.1) is 11.3 Å². The lowest BCUT2D eigenvalue weighted by Crippen LogP contribution is -2.69. The van der Waals surface area contributed by atoms with Crippen molar-refractivity contribution < 1.29 is 24.3 Å². The Hall–Kier alpha value is -2.42. The number of carboxylic acids is 1. The highest BCUT2D eigenvalue weighted by Crippen LogP contribution is 2.31. The Morgan fingerprint density at radius 1 is 0.900 bits per heavy atom. The lowest BCUT2D eigenvalue weighted by molar-refractivity contribution is -0.155. The largest absolute Gasteiger partial charge is 0.478 e. The van der Waals surface area contributed by atoms with Crippen molar-refractivity contribution in [2.24, 2.45) is 11.3 Å². The van der Waals surface area contributed by atoms with E-state index >= 15 is 0 Å². The van der Waals surface area contributed by atoms with Crippen LogP contribution in [0.5, 0.6) is 0 Å². The van der Waals surface area contributed by atoms with Gasteiger partial charge in [0.2, 0.25) is 17.7 Å². The molecule has 0 rings (SSSR count). The minimum atomic E-state index is -1.14. The van der Waals surface area contributed by atoms with E-state index in [9.17, 15) is 24.3 Å². The molecule has 0 spiro atoms. The maximum atomic E-state index is 14.3. The fourth-order valence-corrected chi connectivity index (χ4v) is 5.53. The molecule has 0 aromatic heterocycles. The van der Waals surface area contributed by atoms with Crippen molar-refractivity contribution in [1.82, 2.24) is 20.4 Å². The van der Waals surface area contributed by atoms with E-state index < -0.39 is 34.5 Å². The van der Waals surface area contributed by atoms with Crippen molar-refractivity contribution >= 4 is 23.7 Å². The molecule has 232 valence electrons. The molecule has 0 heterocycles. The maximum Gasteiger partial charge on any atom is 0.331 e. The molecule has 0 unspecified atom stereocenters. The van der Waals surface area contributed by atoms with E-state index in [1.807, 2.05) is 76.2 Å². The van der Waals surface area contributed by atoms with E-state index in [0.29, 0.717) is 38.8 Å². The number of aliphatic carboxylic acids is 1. The monoisotopic (exact) mass is 566 g/mol. The molecule has 0 aliphatic rings. The smallest absolute Gasteiger partial charge is 0.331 e. The second-order valence-corrected chi connectivity index (χ2v) is 12.2. The summed E-state index contributed by atoms with van der Waals surface area (Å²) in [7, 11) is 1.64. The fourth-order valence-electron chi connectivity index (χ4n) is 5.53. The van der Waals surface area contributed by atoms with Crippen LogP contribution in [0.4, 0.5) is 0 Å². The number of amides is 3. The van der Waals surface area contributed by atoms with Gasteiger partial charge in [-0.3, -0.25) is 14.4 Å². The quantitative estimate of drug-likeness (QED) is 0.235. The number of rotatable bonds is 16. The maximum absolute atomic E-state index is 14.3. The van der Waals surface area contributed by atoms with Gasteiger partial charge in [0.05, 0.1) is 11.6 Å². The molecule has 0 aliphatic carbocycles. The molecule has 0 aliphatic heterocycles. The van der Waals surface area contributed by atoms with Gasteiger partial charge in [-0.2, -0.15) is 0 Å². The Morgan fingerprint density at radius 3 is 1.73 bits per heavy atom. The normalized spacial score (nSPS) is 14.5. The van der Waals surface area contributed by atoms with Crippen LogP contribution in [0.3, 0.4) is 0 Å². The molecule has 9 heteroatoms. The second kappa shape index (κ2) is 15.5. The Balaban J connectivity index is 6.69. The molecule has 2 atom stereocenters. The molecule has 0 bridgehead atoms. The highest BCUT2D eigenvalue weighted by atomic mass is 16.4. The Bertz CT molecular complexity index is 898. The Morgan fingerprint density at radius 2 is 1.40 bits per heavy atom. The predicted molar refractivity (Wildman–Crippen MR) is 162 cm³/mol. The summed E-state index contributed by atoms with van der Waals surface area (Å²) in [5.41, 5.74) is -2.42. The van der Waals surface area contributed by atoms with E-state index in [-0.39, 0.29) is 29.2 Å². The standard InChI is InChI=1S/C31H58N4O5/c1-14-30(15-2,32-18-5)28(40)35(19-6)31(16-3,17-4)27(39)33-24(29(10,11)12)25(36)34(13)23(21(7)8)20-22(9)26(37)38/h20-21,23-24,32H,14-19H2,1-13H3,(H,33,39)(H,37,38)/t23-,24-/m1/s1. The summed E-state index contributed by atoms with van der Waals surface area (Å²) in [6.45, 7) is 23.6. The molecule has 3 amide bonds. The number of hydrogen-bond donors (Lipinski definition) is 3. The highest BCUT2D eigenvalue weighted by Gasteiger charge is 2.50. The zero-order valence-electron chi connectivity index (χ0n) is 27.5. The third kappa shape index (κ3) is 8.30. The van der Waals surface area contributed by atoms with E-state index in [0.717, 1.165) is 0 Å². The molecule has 0 saturated carbocycles. The molecule has 9 nitrogen and oxygen atoms in total. The van der Waals surface area contributed by atoms with Crippen LogP contribution in [0.25, 0.3) is 0 Å². The number of nitrogens with one attached hydrogen (secondary N) is 2. The SMILES string of the molecule is CCNC(CC)(CC)C(=O)N(CC)C(CC)(CC)C(=O)N[C@H](C(=O)N(C)[C@H](C=C(C)C(=O)O)C(C)C)C(C)(C)C. The first-order chi connectivity index (χ1) is 18.4. The van der Waals surface area contributed by atoms with Crippen molar-refractivity contribution in [2.45, 2.75) is 132 Å². The summed E-state index contributed by atoms with van der Waals surface area (Å²) < 4.78 is 0. The van der Waals surface area contributed by atoms with E-state index in [1.54, 1.807) is 18.0 Å². The third-order valence-electron chi connectivity index (χ3n) is 8.43. The summed E-state index contributed by atoms with van der Waals surface area (Å²) in [4.78, 5) is 57.1. The summed E-state index contributed by atoms with van der Waals surface area (Å²) in [6, 6.07) is -1.37. The molecule has 3 N–H and O–H groups in total. The van der Waals surface area contributed by atoms with Gasteiger partial charge in [-0.05, 0) is 57.4 Å². The van der Waals surface area contributed by atoms with Gasteiger partial charge >= 0.3 is 5.97 Å². The Kier molecular flexibility index (Phi) is 14.6. The van der Waals surface area contributed by atoms with E-state index in [4.69, 9.17) is 0 Å². The van der Waals surface area contributed by atoms with Gasteiger partial charge in [-0.25, -0.2) is 4.79 Å². The van der Waals surface area contributed by atoms with Gasteiger partial charge in [-0.15, -0.1) is 0 Å². The van der Waals surface area contributed by atoms with Crippen molar-refractivity contribution in [3.05, 3.63) is 11.6 Å². The number of nitrogens with zero attached hydrogens (tertiary/aromatic N) is 2. The number of carbonyl (C=O) groups excluding carboxylic acids is 3. The number of hydrogen-bond acceptors (Lipinski definition) is 5. The highest BCUT2D eigenvalue weighted by molar-refractivity contribution is 5.97. The molecule has 0 aromatic carbocycles. The van der Waals surface area contributed by atoms with Crippen molar-refractivity contribution in [1.29, 1.82) is 0 Å².